The molecule has 1 aromatic heterocycles. The van der Waals surface area contributed by atoms with E-state index in [0.717, 1.165) is 85.9 Å². The van der Waals surface area contributed by atoms with Gasteiger partial charge in [-0.2, -0.15) is 12.7 Å². The first kappa shape index (κ1) is 31.6. The number of likely N-dealkylation sites (tertiary alicyclic amines) is 1. The Kier molecular flexibility index (Phi) is 7.28. The van der Waals surface area contributed by atoms with Crippen LogP contribution in [0.15, 0.2) is 36.4 Å². The second-order valence-electron chi connectivity index (χ2n) is 15.8. The lowest BCUT2D eigenvalue weighted by atomic mass is 9.81. The molecule has 2 saturated heterocycles. The van der Waals surface area contributed by atoms with E-state index in [0.29, 0.717) is 18.0 Å². The summed E-state index contributed by atoms with van der Waals surface area (Å²) in [6.45, 7) is 2.36. The van der Waals surface area contributed by atoms with Crippen LogP contribution in [0.3, 0.4) is 0 Å². The van der Waals surface area contributed by atoms with Gasteiger partial charge in [0.2, 0.25) is 5.91 Å². The smallest absolute Gasteiger partial charge is 0.304 e. The van der Waals surface area contributed by atoms with Gasteiger partial charge in [-0.15, -0.1) is 0 Å². The zero-order valence-corrected chi connectivity index (χ0v) is 29.6. The first-order valence-corrected chi connectivity index (χ1v) is 19.7. The highest BCUT2D eigenvalue weighted by atomic mass is 32.2. The van der Waals surface area contributed by atoms with E-state index in [1.807, 2.05) is 18.2 Å². The van der Waals surface area contributed by atoms with E-state index in [1.54, 1.807) is 13.2 Å². The lowest BCUT2D eigenvalue weighted by Gasteiger charge is -2.41. The molecule has 2 bridgehead atoms. The molecule has 10 nitrogen and oxygen atoms in total. The fourth-order valence-corrected chi connectivity index (χ4v) is 11.1. The highest BCUT2D eigenvalue weighted by molar-refractivity contribution is 7.87. The number of nitrogens with one attached hydrogen (secondary N) is 1. The van der Waals surface area contributed by atoms with Crippen molar-refractivity contribution in [2.75, 3.05) is 34.3 Å². The van der Waals surface area contributed by atoms with E-state index >= 15 is 4.79 Å². The Balaban J connectivity index is 1.20. The molecule has 49 heavy (non-hydrogen) atoms. The molecule has 0 radical (unpaired) electrons. The van der Waals surface area contributed by atoms with Crippen molar-refractivity contribution < 1.29 is 22.7 Å². The van der Waals surface area contributed by atoms with Crippen LogP contribution < -0.4 is 9.46 Å². The number of ether oxygens (including phenoxy) is 1. The van der Waals surface area contributed by atoms with Crippen LogP contribution in [0.2, 0.25) is 0 Å². The van der Waals surface area contributed by atoms with Gasteiger partial charge >= 0.3 is 10.2 Å². The van der Waals surface area contributed by atoms with E-state index in [-0.39, 0.29) is 30.0 Å². The first-order valence-electron chi connectivity index (χ1n) is 18.3. The fraction of sp³-hybridized carbons (Fsp3) is 0.579. The molecule has 3 aliphatic heterocycles. The van der Waals surface area contributed by atoms with Gasteiger partial charge < -0.3 is 19.1 Å². The number of hydrogen-bond donors (Lipinski definition) is 1. The van der Waals surface area contributed by atoms with Crippen molar-refractivity contribution in [1.29, 1.82) is 0 Å². The Morgan fingerprint density at radius 3 is 2.39 bits per heavy atom. The predicted octanol–water partition coefficient (Wildman–Crippen LogP) is 5.23. The first-order chi connectivity index (χ1) is 23.6. The predicted molar refractivity (Wildman–Crippen MR) is 188 cm³/mol. The van der Waals surface area contributed by atoms with E-state index in [4.69, 9.17) is 4.74 Å². The van der Waals surface area contributed by atoms with E-state index in [1.165, 1.54) is 41.7 Å². The summed E-state index contributed by atoms with van der Waals surface area (Å²) in [5.41, 5.74) is 5.40. The van der Waals surface area contributed by atoms with Gasteiger partial charge in [-0.1, -0.05) is 25.3 Å². The maximum atomic E-state index is 15.0. The summed E-state index contributed by atoms with van der Waals surface area (Å²) in [6.07, 6.45) is 10.3. The second kappa shape index (κ2) is 11.3. The van der Waals surface area contributed by atoms with Gasteiger partial charge in [-0.05, 0) is 99.4 Å². The Morgan fingerprint density at radius 2 is 1.69 bits per heavy atom. The summed E-state index contributed by atoms with van der Waals surface area (Å²) in [4.78, 5) is 33.3. The van der Waals surface area contributed by atoms with Gasteiger partial charge in [0.25, 0.3) is 5.91 Å². The van der Waals surface area contributed by atoms with Crippen LogP contribution in [0.1, 0.15) is 97.5 Å². The molecule has 2 aromatic carbocycles. The highest BCUT2D eigenvalue weighted by Gasteiger charge is 2.65. The minimum Gasteiger partial charge on any atom is -0.497 e. The van der Waals surface area contributed by atoms with Crippen LogP contribution in [-0.2, 0) is 21.5 Å². The second-order valence-corrected chi connectivity index (χ2v) is 17.5. The molecule has 1 N–H and O–H groups in total. The van der Waals surface area contributed by atoms with Crippen molar-refractivity contribution >= 4 is 32.9 Å². The molecule has 3 saturated carbocycles. The zero-order chi connectivity index (χ0) is 33.8. The molecule has 2 amide bonds. The number of piperazine rings is 1. The number of hydrogen-bond acceptors (Lipinski definition) is 6. The Morgan fingerprint density at radius 1 is 0.959 bits per heavy atom. The fourth-order valence-electron chi connectivity index (χ4n) is 10.0. The molecule has 0 spiro atoms. The Bertz CT molecular complexity index is 1970. The van der Waals surface area contributed by atoms with Crippen LogP contribution in [0.5, 0.6) is 5.75 Å². The van der Waals surface area contributed by atoms with Gasteiger partial charge in [0.15, 0.2) is 0 Å². The average molecular weight is 686 g/mol. The molecule has 11 heteroatoms. The molecule has 260 valence electrons. The van der Waals surface area contributed by atoms with Gasteiger partial charge in [0.1, 0.15) is 5.75 Å². The number of carbonyl (C=O) groups excluding carboxylic acids is 2. The molecule has 9 rings (SSSR count). The molecule has 3 aromatic rings. The molecule has 3 aliphatic carbocycles. The van der Waals surface area contributed by atoms with Crippen molar-refractivity contribution in [1.82, 2.24) is 23.4 Å². The molecule has 3 unspecified atom stereocenters. The number of rotatable bonds is 7. The lowest BCUT2D eigenvalue weighted by Crippen LogP contribution is -2.57. The van der Waals surface area contributed by atoms with Crippen LogP contribution in [-0.4, -0.2) is 91.3 Å². The number of amides is 2. The summed E-state index contributed by atoms with van der Waals surface area (Å²) < 4.78 is 37.8. The van der Waals surface area contributed by atoms with Crippen molar-refractivity contribution in [3.8, 4) is 17.0 Å². The Labute approximate surface area is 288 Å². The van der Waals surface area contributed by atoms with E-state index < -0.39 is 21.5 Å². The van der Waals surface area contributed by atoms with Crippen molar-refractivity contribution in [3.05, 3.63) is 53.1 Å². The number of benzene rings is 2. The van der Waals surface area contributed by atoms with E-state index in [2.05, 4.69) is 38.3 Å². The molecular formula is C38H47N5O5S. The Hall–Kier alpha value is -3.41. The molecule has 4 atom stereocenters. The molecule has 4 heterocycles. The minimum atomic E-state index is -3.96. The lowest BCUT2D eigenvalue weighted by molar-refractivity contribution is -0.143. The quantitative estimate of drug-likeness (QED) is 0.366. The van der Waals surface area contributed by atoms with Gasteiger partial charge in [-0.25, -0.2) is 4.72 Å². The maximum absolute atomic E-state index is 15.0. The zero-order valence-electron chi connectivity index (χ0n) is 28.8. The van der Waals surface area contributed by atoms with Crippen molar-refractivity contribution in [2.45, 2.75) is 101 Å². The highest BCUT2D eigenvalue weighted by Crippen LogP contribution is 2.66. The van der Waals surface area contributed by atoms with Crippen molar-refractivity contribution in [2.24, 2.45) is 5.41 Å². The number of nitrogens with zero attached hydrogens (tertiary/aromatic N) is 4. The standard InChI is InChI=1S/C38H47N5O5S/c1-40-20-26-12-13-27(21-40)43(26)37(45)38-19-32(38)31-18-28(48-3)14-16-29(31)35-34(23-7-5-4-6-8-23)30-15-9-24(17-33(30)42(35)22-38)36(44)39-49(46,47)41(2)25-10-11-25/h9,14-18,23,25-27,32H,4-8,10-13,19-22H2,1-3H3,(H,39,44)/t26?,27?,32-,38?/m0/s1. The van der Waals surface area contributed by atoms with Gasteiger partial charge in [-0.3, -0.25) is 9.59 Å². The van der Waals surface area contributed by atoms with Crippen LogP contribution in [0, 0.1) is 5.41 Å². The monoisotopic (exact) mass is 685 g/mol. The molecule has 5 fully saturated rings. The molecular weight excluding hydrogens is 639 g/mol. The number of fused-ring (bicyclic) bond motifs is 9. The van der Waals surface area contributed by atoms with Crippen LogP contribution >= 0.6 is 0 Å². The minimum absolute atomic E-state index is 0.0540. The summed E-state index contributed by atoms with van der Waals surface area (Å²) in [6, 6.07) is 12.5. The van der Waals surface area contributed by atoms with Crippen LogP contribution in [0.4, 0.5) is 0 Å². The number of carbonyl (C=O) groups is 2. The summed E-state index contributed by atoms with van der Waals surface area (Å²) in [5.74, 6) is 0.875. The van der Waals surface area contributed by atoms with Crippen molar-refractivity contribution in [3.63, 3.8) is 0 Å². The third-order valence-electron chi connectivity index (χ3n) is 12.8. The third kappa shape index (κ3) is 4.97. The number of likely N-dealkylation sites (N-methyl/N-ethyl adjacent to an activating group) is 1. The molecule has 6 aliphatic rings. The topological polar surface area (TPSA) is 104 Å². The largest absolute Gasteiger partial charge is 0.497 e. The average Bonchev–Trinajstić information content (AvgIpc) is 4.02. The van der Waals surface area contributed by atoms with Gasteiger partial charge in [0, 0.05) is 72.8 Å². The number of aromatic nitrogens is 1. The SMILES string of the molecule is COc1ccc2c(c1)[C@@H]1CC1(C(=O)N1C3CCC1CN(C)C3)Cn1c-2c(C2CCCCC2)c2ccc(C(=O)NS(=O)(=O)N(C)C3CC3)cc21. The summed E-state index contributed by atoms with van der Waals surface area (Å²) in [7, 11) is 1.43. The number of methoxy groups -OCH3 is 1. The summed E-state index contributed by atoms with van der Waals surface area (Å²) >= 11 is 0. The van der Waals surface area contributed by atoms with E-state index in [9.17, 15) is 13.2 Å². The normalized spacial score (nSPS) is 28.2. The van der Waals surface area contributed by atoms with Crippen LogP contribution in [0.25, 0.3) is 22.2 Å². The third-order valence-corrected chi connectivity index (χ3v) is 14.3. The maximum Gasteiger partial charge on any atom is 0.304 e. The summed E-state index contributed by atoms with van der Waals surface area (Å²) in [5, 5.41) is 1.10. The van der Waals surface area contributed by atoms with Gasteiger partial charge in [0.05, 0.1) is 18.2 Å².